The van der Waals surface area contributed by atoms with Crippen LogP contribution in [0.15, 0.2) is 79.0 Å². The van der Waals surface area contributed by atoms with Crippen LogP contribution in [0.1, 0.15) is 13.8 Å². The third kappa shape index (κ3) is 6.36. The summed E-state index contributed by atoms with van der Waals surface area (Å²) in [6.07, 6.45) is 1.84. The van der Waals surface area contributed by atoms with E-state index in [1.165, 1.54) is 0 Å². The Balaban J connectivity index is 1.32. The number of para-hydroxylation sites is 1. The predicted octanol–water partition coefficient (Wildman–Crippen LogP) is 6.06. The molecule has 1 heterocycles. The number of hydrogen-bond donors (Lipinski definition) is 2. The molecule has 0 aliphatic heterocycles. The molecule has 0 aliphatic carbocycles. The molecule has 0 atom stereocenters. The Hall–Kier alpha value is -3.84. The van der Waals surface area contributed by atoms with Gasteiger partial charge in [-0.3, -0.25) is 4.68 Å². The maximum atomic E-state index is 12.5. The van der Waals surface area contributed by atoms with Crippen molar-refractivity contribution in [3.05, 3.63) is 79.0 Å². The van der Waals surface area contributed by atoms with E-state index in [0.717, 1.165) is 36.3 Å². The first kappa shape index (κ1) is 23.3. The summed E-state index contributed by atoms with van der Waals surface area (Å²) < 4.78 is 7.79. The van der Waals surface area contributed by atoms with E-state index in [1.807, 2.05) is 71.5 Å². The molecular weight excluding hydrogens is 426 g/mol. The summed E-state index contributed by atoms with van der Waals surface area (Å²) in [5.41, 5.74) is 2.45. The van der Waals surface area contributed by atoms with Gasteiger partial charge in [0.05, 0.1) is 18.3 Å². The van der Waals surface area contributed by atoms with E-state index in [9.17, 15) is 4.79 Å². The molecule has 0 aliphatic rings. The SMILES string of the molecule is CC(C)CN(C)CCn1ncc2cc(NC(=O)Nc3ccc(Oc4ccccc4)cc3)ccc21. The van der Waals surface area contributed by atoms with Gasteiger partial charge in [-0.05, 0) is 67.6 Å². The molecule has 0 bridgehead atoms. The van der Waals surface area contributed by atoms with Gasteiger partial charge in [-0.15, -0.1) is 0 Å². The lowest BCUT2D eigenvalue weighted by Gasteiger charge is -2.18. The van der Waals surface area contributed by atoms with Crippen LogP contribution in [0, 0.1) is 5.92 Å². The molecule has 4 rings (SSSR count). The second-order valence-electron chi connectivity index (χ2n) is 8.82. The van der Waals surface area contributed by atoms with Crippen molar-refractivity contribution in [3.63, 3.8) is 0 Å². The van der Waals surface area contributed by atoms with E-state index >= 15 is 0 Å². The Labute approximate surface area is 200 Å². The van der Waals surface area contributed by atoms with Crippen LogP contribution in [0.5, 0.6) is 11.5 Å². The Kier molecular flexibility index (Phi) is 7.44. The fourth-order valence-electron chi connectivity index (χ4n) is 3.85. The van der Waals surface area contributed by atoms with Crippen molar-refractivity contribution < 1.29 is 9.53 Å². The number of hydrogen-bond acceptors (Lipinski definition) is 4. The maximum Gasteiger partial charge on any atom is 0.323 e. The van der Waals surface area contributed by atoms with Gasteiger partial charge in [0.15, 0.2) is 0 Å². The van der Waals surface area contributed by atoms with Crippen LogP contribution < -0.4 is 15.4 Å². The summed E-state index contributed by atoms with van der Waals surface area (Å²) in [4.78, 5) is 14.8. The van der Waals surface area contributed by atoms with Gasteiger partial charge < -0.3 is 20.3 Å². The molecule has 0 fully saturated rings. The average Bonchev–Trinajstić information content (AvgIpc) is 3.21. The van der Waals surface area contributed by atoms with Crippen LogP contribution in [-0.4, -0.2) is 40.8 Å². The number of benzene rings is 3. The largest absolute Gasteiger partial charge is 0.457 e. The number of carbonyl (C=O) groups is 1. The van der Waals surface area contributed by atoms with Gasteiger partial charge in [-0.1, -0.05) is 32.0 Å². The van der Waals surface area contributed by atoms with Gasteiger partial charge in [-0.2, -0.15) is 5.10 Å². The topological polar surface area (TPSA) is 71.4 Å². The summed E-state index contributed by atoms with van der Waals surface area (Å²) in [5, 5.41) is 11.3. The molecule has 7 nitrogen and oxygen atoms in total. The minimum atomic E-state index is -0.307. The monoisotopic (exact) mass is 457 g/mol. The van der Waals surface area contributed by atoms with E-state index in [0.29, 0.717) is 23.0 Å². The van der Waals surface area contributed by atoms with E-state index in [1.54, 1.807) is 12.1 Å². The quantitative estimate of drug-likeness (QED) is 0.320. The predicted molar refractivity (Wildman–Crippen MR) is 138 cm³/mol. The molecule has 0 radical (unpaired) electrons. The zero-order valence-electron chi connectivity index (χ0n) is 19.9. The first-order valence-corrected chi connectivity index (χ1v) is 11.5. The Morgan fingerprint density at radius 1 is 0.971 bits per heavy atom. The molecular formula is C27H31N5O2. The summed E-state index contributed by atoms with van der Waals surface area (Å²) >= 11 is 0. The zero-order chi connectivity index (χ0) is 23.9. The number of nitrogens with one attached hydrogen (secondary N) is 2. The van der Waals surface area contributed by atoms with Crippen molar-refractivity contribution in [1.29, 1.82) is 0 Å². The minimum absolute atomic E-state index is 0.307. The summed E-state index contributed by atoms with van der Waals surface area (Å²) in [7, 11) is 2.14. The van der Waals surface area contributed by atoms with Crippen LogP contribution in [-0.2, 0) is 6.54 Å². The van der Waals surface area contributed by atoms with Crippen molar-refractivity contribution in [2.24, 2.45) is 5.92 Å². The number of aromatic nitrogens is 2. The molecule has 3 aromatic carbocycles. The van der Waals surface area contributed by atoms with E-state index < -0.39 is 0 Å². The third-order valence-corrected chi connectivity index (χ3v) is 5.36. The lowest BCUT2D eigenvalue weighted by molar-refractivity contribution is 0.262. The Bertz CT molecular complexity index is 1220. The summed E-state index contributed by atoms with van der Waals surface area (Å²) in [6, 6.07) is 22.4. The highest BCUT2D eigenvalue weighted by Gasteiger charge is 2.08. The molecule has 0 unspecified atom stereocenters. The van der Waals surface area contributed by atoms with Crippen molar-refractivity contribution in [2.75, 3.05) is 30.8 Å². The molecule has 2 amide bonds. The normalized spacial score (nSPS) is 11.2. The Morgan fingerprint density at radius 3 is 2.38 bits per heavy atom. The van der Waals surface area contributed by atoms with E-state index in [4.69, 9.17) is 4.74 Å². The molecule has 1 aromatic heterocycles. The number of amides is 2. The van der Waals surface area contributed by atoms with Gasteiger partial charge in [0.2, 0.25) is 0 Å². The van der Waals surface area contributed by atoms with Gasteiger partial charge >= 0.3 is 6.03 Å². The number of ether oxygens (including phenoxy) is 1. The smallest absolute Gasteiger partial charge is 0.323 e. The second-order valence-corrected chi connectivity index (χ2v) is 8.82. The van der Waals surface area contributed by atoms with E-state index in [2.05, 4.69) is 41.5 Å². The molecule has 7 heteroatoms. The zero-order valence-corrected chi connectivity index (χ0v) is 19.9. The van der Waals surface area contributed by atoms with Gasteiger partial charge in [0.25, 0.3) is 0 Å². The first-order valence-electron chi connectivity index (χ1n) is 11.5. The highest BCUT2D eigenvalue weighted by molar-refractivity contribution is 6.01. The summed E-state index contributed by atoms with van der Waals surface area (Å²) in [6.45, 7) is 7.27. The molecule has 0 spiro atoms. The second kappa shape index (κ2) is 10.9. The number of anilines is 2. The molecule has 2 N–H and O–H groups in total. The molecule has 176 valence electrons. The number of likely N-dealkylation sites (N-methyl/N-ethyl adjacent to an activating group) is 1. The van der Waals surface area contributed by atoms with Gasteiger partial charge in [0, 0.05) is 29.9 Å². The molecule has 0 saturated carbocycles. The van der Waals surface area contributed by atoms with Crippen LogP contribution >= 0.6 is 0 Å². The molecule has 4 aromatic rings. The van der Waals surface area contributed by atoms with Crippen LogP contribution in [0.2, 0.25) is 0 Å². The fourth-order valence-corrected chi connectivity index (χ4v) is 3.85. The maximum absolute atomic E-state index is 12.5. The van der Waals surface area contributed by atoms with Gasteiger partial charge in [-0.25, -0.2) is 4.79 Å². The number of nitrogens with zero attached hydrogens (tertiary/aromatic N) is 3. The van der Waals surface area contributed by atoms with Crippen molar-refractivity contribution in [3.8, 4) is 11.5 Å². The average molecular weight is 458 g/mol. The van der Waals surface area contributed by atoms with Crippen LogP contribution in [0.4, 0.5) is 16.2 Å². The lowest BCUT2D eigenvalue weighted by Crippen LogP contribution is -2.27. The fraction of sp³-hybridized carbons (Fsp3) is 0.259. The molecule has 0 saturated heterocycles. The van der Waals surface area contributed by atoms with Crippen LogP contribution in [0.25, 0.3) is 10.9 Å². The molecule has 34 heavy (non-hydrogen) atoms. The highest BCUT2D eigenvalue weighted by Crippen LogP contribution is 2.23. The lowest BCUT2D eigenvalue weighted by atomic mass is 10.2. The number of urea groups is 1. The number of rotatable bonds is 9. The van der Waals surface area contributed by atoms with Crippen molar-refractivity contribution in [1.82, 2.24) is 14.7 Å². The van der Waals surface area contributed by atoms with Gasteiger partial charge in [0.1, 0.15) is 11.5 Å². The number of fused-ring (bicyclic) bond motifs is 1. The first-order chi connectivity index (χ1) is 16.5. The highest BCUT2D eigenvalue weighted by atomic mass is 16.5. The summed E-state index contributed by atoms with van der Waals surface area (Å²) in [5.74, 6) is 2.11. The number of carbonyl (C=O) groups excluding carboxylic acids is 1. The third-order valence-electron chi connectivity index (χ3n) is 5.36. The van der Waals surface area contributed by atoms with E-state index in [-0.39, 0.29) is 6.03 Å². The Morgan fingerprint density at radius 2 is 1.65 bits per heavy atom. The van der Waals surface area contributed by atoms with Crippen molar-refractivity contribution >= 4 is 28.3 Å². The van der Waals surface area contributed by atoms with Crippen molar-refractivity contribution in [2.45, 2.75) is 20.4 Å². The van der Waals surface area contributed by atoms with Crippen LogP contribution in [0.3, 0.4) is 0 Å². The standard InChI is InChI=1S/C27H31N5O2/c1-20(2)19-31(3)15-16-32-26-14-11-23(17-21(26)18-28-32)30-27(33)29-22-9-12-25(13-10-22)34-24-7-5-4-6-8-24/h4-14,17-18,20H,15-16,19H2,1-3H3,(H2,29,30,33). The minimum Gasteiger partial charge on any atom is -0.457 e.